The van der Waals surface area contributed by atoms with Crippen molar-refractivity contribution in [3.63, 3.8) is 0 Å². The molecule has 15 nitrogen and oxygen atoms in total. The molecule has 0 spiro atoms. The van der Waals surface area contributed by atoms with Crippen LogP contribution in [0, 0.1) is 5.41 Å². The molecule has 0 aromatic carbocycles. The van der Waals surface area contributed by atoms with Crippen molar-refractivity contribution in [3.05, 3.63) is 36.5 Å². The number of hydrogen-bond donors (Lipinski definition) is 3. The fourth-order valence-corrected chi connectivity index (χ4v) is 4.69. The summed E-state index contributed by atoms with van der Waals surface area (Å²) < 4.78 is 17.6. The quantitative estimate of drug-likeness (QED) is 0.105. The minimum atomic E-state index is -0.988. The maximum atomic E-state index is 11.7. The minimum absolute atomic E-state index is 0. The van der Waals surface area contributed by atoms with Crippen molar-refractivity contribution in [2.24, 2.45) is 5.41 Å². The van der Waals surface area contributed by atoms with Gasteiger partial charge < -0.3 is 29.5 Å². The highest BCUT2D eigenvalue weighted by Gasteiger charge is 2.32. The second kappa shape index (κ2) is 21.4. The van der Waals surface area contributed by atoms with E-state index in [1.54, 1.807) is 0 Å². The summed E-state index contributed by atoms with van der Waals surface area (Å²) >= 11 is 0. The fraction of sp³-hybridized carbons (Fsp3) is 0.636. The molecule has 6 amide bonds. The lowest BCUT2D eigenvalue weighted by molar-refractivity contribution is -0.140. The zero-order valence-electron chi connectivity index (χ0n) is 25.2. The van der Waals surface area contributed by atoms with E-state index in [0.29, 0.717) is 6.42 Å². The van der Waals surface area contributed by atoms with Gasteiger partial charge in [0.05, 0.1) is 57.8 Å². The second-order valence-electron chi connectivity index (χ2n) is 11.2. The summed E-state index contributed by atoms with van der Waals surface area (Å²) in [5.74, 6) is -2.92. The van der Waals surface area contributed by atoms with Crippen molar-refractivity contribution in [2.45, 2.75) is 73.2 Å². The standard InChI is InChI=1S/C30H41N3O12.3CH4/c1-2-30(18-43-12-9-21(34)15-31-24(37)3-4-25(31)38,19-44-13-10-22(35)16-32-26(39)5-6-27(32)40)20-45-14-11-23(36)17-33-28(41)7-8-29(33)42;;;/h3-8,21-23,34-36H,2,9-20H2,1H3;3*1H4. The third-order valence-corrected chi connectivity index (χ3v) is 7.64. The fourth-order valence-electron chi connectivity index (χ4n) is 4.69. The molecule has 48 heavy (non-hydrogen) atoms. The van der Waals surface area contributed by atoms with Crippen molar-refractivity contribution >= 4 is 35.4 Å². The van der Waals surface area contributed by atoms with Crippen molar-refractivity contribution in [1.29, 1.82) is 0 Å². The van der Waals surface area contributed by atoms with Crippen LogP contribution in [0.2, 0.25) is 0 Å². The summed E-state index contributed by atoms with van der Waals surface area (Å²) in [4.78, 5) is 73.2. The van der Waals surface area contributed by atoms with Gasteiger partial charge in [0.2, 0.25) is 0 Å². The molecule has 0 fully saturated rings. The topological polar surface area (TPSA) is 201 Å². The van der Waals surface area contributed by atoms with Crippen LogP contribution in [-0.4, -0.2) is 143 Å². The Bertz CT molecular complexity index is 1010. The Balaban J connectivity index is 0.00000736. The first kappa shape index (κ1) is 44.4. The van der Waals surface area contributed by atoms with Gasteiger partial charge in [0.1, 0.15) is 0 Å². The summed E-state index contributed by atoms with van der Waals surface area (Å²) in [5.41, 5.74) is -0.679. The van der Waals surface area contributed by atoms with Gasteiger partial charge in [-0.3, -0.25) is 43.5 Å². The molecule has 15 heteroatoms. The van der Waals surface area contributed by atoms with E-state index in [9.17, 15) is 44.1 Å². The molecule has 0 radical (unpaired) electrons. The Morgan fingerprint density at radius 3 is 0.958 bits per heavy atom. The predicted molar refractivity (Wildman–Crippen MR) is 175 cm³/mol. The summed E-state index contributed by atoms with van der Waals surface area (Å²) in [6, 6.07) is 0. The maximum Gasteiger partial charge on any atom is 0.253 e. The van der Waals surface area contributed by atoms with Crippen LogP contribution in [-0.2, 0) is 43.0 Å². The average molecular weight is 684 g/mol. The van der Waals surface area contributed by atoms with E-state index in [-0.39, 0.29) is 101 Å². The van der Waals surface area contributed by atoms with Crippen LogP contribution in [0.1, 0.15) is 54.9 Å². The van der Waals surface area contributed by atoms with Gasteiger partial charge in [-0.15, -0.1) is 0 Å². The molecule has 0 saturated heterocycles. The third-order valence-electron chi connectivity index (χ3n) is 7.64. The Kier molecular flexibility index (Phi) is 19.8. The highest BCUT2D eigenvalue weighted by atomic mass is 16.5. The van der Waals surface area contributed by atoms with E-state index in [1.165, 1.54) is 0 Å². The van der Waals surface area contributed by atoms with Gasteiger partial charge in [-0.1, -0.05) is 29.2 Å². The number of carbonyl (C=O) groups is 6. The molecule has 272 valence electrons. The first-order valence-electron chi connectivity index (χ1n) is 14.8. The Morgan fingerprint density at radius 1 is 0.521 bits per heavy atom. The molecule has 3 heterocycles. The van der Waals surface area contributed by atoms with Crippen LogP contribution in [0.15, 0.2) is 36.5 Å². The SMILES string of the molecule is C.C.C.CCC(COCCC(O)CN1C(=O)C=CC1=O)(COCCC(O)CN1C(=O)C=CC1=O)COCCC(O)CN1C(=O)C=CC1=O. The molecule has 0 bridgehead atoms. The predicted octanol–water partition coefficient (Wildman–Crippen LogP) is 0.369. The normalized spacial score (nSPS) is 18.6. The van der Waals surface area contributed by atoms with E-state index in [1.807, 2.05) is 6.92 Å². The van der Waals surface area contributed by atoms with E-state index in [0.717, 1.165) is 51.2 Å². The van der Waals surface area contributed by atoms with Crippen molar-refractivity contribution in [2.75, 3.05) is 59.3 Å². The zero-order valence-corrected chi connectivity index (χ0v) is 25.2. The number of rotatable bonds is 22. The number of carbonyl (C=O) groups excluding carboxylic acids is 6. The van der Waals surface area contributed by atoms with E-state index >= 15 is 0 Å². The number of amides is 6. The molecule has 3 rings (SSSR count). The van der Waals surface area contributed by atoms with Gasteiger partial charge in [0.15, 0.2) is 0 Å². The number of nitrogens with zero attached hydrogens (tertiary/aromatic N) is 3. The van der Waals surface area contributed by atoms with Crippen molar-refractivity contribution in [3.8, 4) is 0 Å². The van der Waals surface area contributed by atoms with E-state index < -0.39 is 59.2 Å². The van der Waals surface area contributed by atoms with E-state index in [4.69, 9.17) is 14.2 Å². The second-order valence-corrected chi connectivity index (χ2v) is 11.2. The van der Waals surface area contributed by atoms with Crippen LogP contribution in [0.25, 0.3) is 0 Å². The van der Waals surface area contributed by atoms with Crippen LogP contribution >= 0.6 is 0 Å². The Labute approximate surface area is 282 Å². The molecular weight excluding hydrogens is 630 g/mol. The molecule has 0 aromatic heterocycles. The Morgan fingerprint density at radius 2 is 0.750 bits per heavy atom. The highest BCUT2D eigenvalue weighted by molar-refractivity contribution is 6.14. The lowest BCUT2D eigenvalue weighted by Gasteiger charge is -2.32. The van der Waals surface area contributed by atoms with Crippen LogP contribution in [0.4, 0.5) is 0 Å². The molecule has 0 aromatic rings. The first-order chi connectivity index (χ1) is 21.4. The summed E-state index contributed by atoms with van der Waals surface area (Å²) in [6.45, 7) is 2.23. The molecule has 3 N–H and O–H groups in total. The van der Waals surface area contributed by atoms with Gasteiger partial charge in [0, 0.05) is 61.7 Å². The third kappa shape index (κ3) is 13.1. The summed E-state index contributed by atoms with van der Waals surface area (Å²) in [5, 5.41) is 30.9. The number of hydrogen-bond acceptors (Lipinski definition) is 12. The largest absolute Gasteiger partial charge is 0.391 e. The van der Waals surface area contributed by atoms with Crippen molar-refractivity contribution in [1.82, 2.24) is 14.7 Å². The highest BCUT2D eigenvalue weighted by Crippen LogP contribution is 2.25. The van der Waals surface area contributed by atoms with Gasteiger partial charge in [-0.2, -0.15) is 0 Å². The van der Waals surface area contributed by atoms with Gasteiger partial charge >= 0.3 is 0 Å². The number of aliphatic hydroxyl groups excluding tert-OH is 3. The smallest absolute Gasteiger partial charge is 0.253 e. The lowest BCUT2D eigenvalue weighted by Crippen LogP contribution is -2.40. The van der Waals surface area contributed by atoms with Crippen LogP contribution in [0.3, 0.4) is 0 Å². The van der Waals surface area contributed by atoms with Gasteiger partial charge in [0.25, 0.3) is 35.4 Å². The molecular formula is C33H53N3O12. The maximum absolute atomic E-state index is 11.7. The summed E-state index contributed by atoms with van der Waals surface area (Å²) in [7, 11) is 0. The van der Waals surface area contributed by atoms with Gasteiger partial charge in [-0.25, -0.2) is 0 Å². The number of aliphatic hydroxyl groups is 3. The number of ether oxygens (including phenoxy) is 3. The Hall–Kier alpha value is -3.60. The lowest BCUT2D eigenvalue weighted by atomic mass is 9.88. The molecule has 3 aliphatic heterocycles. The average Bonchev–Trinajstić information content (AvgIpc) is 3.62. The van der Waals surface area contributed by atoms with Crippen LogP contribution in [0.5, 0.6) is 0 Å². The minimum Gasteiger partial charge on any atom is -0.391 e. The molecule has 3 aliphatic rings. The molecule has 0 aliphatic carbocycles. The molecule has 0 saturated carbocycles. The van der Waals surface area contributed by atoms with Crippen molar-refractivity contribution < 1.29 is 58.3 Å². The molecule has 3 atom stereocenters. The van der Waals surface area contributed by atoms with Gasteiger partial charge in [-0.05, 0) is 25.7 Å². The number of imide groups is 3. The monoisotopic (exact) mass is 683 g/mol. The zero-order chi connectivity index (χ0) is 33.0. The first-order valence-corrected chi connectivity index (χ1v) is 14.8. The number of β-amino-alcohol motifs (C(OH)–C–C–N with tert-alkyl or cyclic N) is 3. The van der Waals surface area contributed by atoms with E-state index in [2.05, 4.69) is 0 Å². The summed E-state index contributed by atoms with van der Waals surface area (Å²) in [6.07, 6.45) is 4.90. The molecule has 3 unspecified atom stereocenters. The van der Waals surface area contributed by atoms with Crippen LogP contribution < -0.4 is 0 Å².